The van der Waals surface area contributed by atoms with E-state index in [-0.39, 0.29) is 33.4 Å². The van der Waals surface area contributed by atoms with E-state index in [2.05, 4.69) is 20.5 Å². The molecule has 16 heteroatoms. The van der Waals surface area contributed by atoms with E-state index >= 15 is 0 Å². The normalized spacial score (nSPS) is 17.1. The minimum absolute atomic E-state index is 0.127. The highest BCUT2D eigenvalue weighted by Crippen LogP contribution is 2.57. The Hall–Kier alpha value is -4.76. The number of benzene rings is 4. The lowest BCUT2D eigenvalue weighted by molar-refractivity contribution is -0.288. The van der Waals surface area contributed by atoms with Gasteiger partial charge < -0.3 is 0 Å². The van der Waals surface area contributed by atoms with E-state index in [1.54, 1.807) is 0 Å². The fourth-order valence-electron chi connectivity index (χ4n) is 5.48. The van der Waals surface area contributed by atoms with Gasteiger partial charge in [-0.05, 0) is 33.4 Å². The standard InChI is InChI=1S/C31H16F12N4/c32-28(33,34)25(29(35,36)37,21-9-1-17(2-10-21)19-5-13-23(14-6-19)26(44-45-26)30(38,39)40)22-11-3-18(4-12-22)20-7-15-24(16-8-20)27(46-47-27)31(41,42)43/h1-16H. The molecule has 244 valence electrons. The molecule has 2 aliphatic rings. The molecule has 0 fully saturated rings. The first-order valence-electron chi connectivity index (χ1n) is 13.3. The van der Waals surface area contributed by atoms with Crippen LogP contribution in [0.2, 0.25) is 0 Å². The third-order valence-electron chi connectivity index (χ3n) is 8.12. The van der Waals surface area contributed by atoms with Crippen molar-refractivity contribution in [3.63, 3.8) is 0 Å². The van der Waals surface area contributed by atoms with Crippen LogP contribution in [0, 0.1) is 0 Å². The van der Waals surface area contributed by atoms with Gasteiger partial charge >= 0.3 is 36.0 Å². The van der Waals surface area contributed by atoms with Gasteiger partial charge in [-0.3, -0.25) is 0 Å². The van der Waals surface area contributed by atoms with E-state index < -0.39 is 52.6 Å². The van der Waals surface area contributed by atoms with Crippen molar-refractivity contribution >= 4 is 0 Å². The number of hydrogen-bond donors (Lipinski definition) is 0. The van der Waals surface area contributed by atoms with Gasteiger partial charge in [0.2, 0.25) is 5.41 Å². The summed E-state index contributed by atoms with van der Waals surface area (Å²) in [6, 6.07) is 15.6. The Morgan fingerprint density at radius 1 is 0.340 bits per heavy atom. The largest absolute Gasteiger partial charge is 0.442 e. The highest BCUT2D eigenvalue weighted by Gasteiger charge is 2.72. The molecule has 0 aromatic heterocycles. The zero-order chi connectivity index (χ0) is 34.3. The van der Waals surface area contributed by atoms with Crippen LogP contribution < -0.4 is 0 Å². The maximum atomic E-state index is 14.7. The lowest BCUT2D eigenvalue weighted by Gasteiger charge is -2.38. The molecule has 0 saturated heterocycles. The van der Waals surface area contributed by atoms with Gasteiger partial charge in [-0.1, -0.05) is 97.1 Å². The van der Waals surface area contributed by atoms with Crippen LogP contribution in [0.1, 0.15) is 22.3 Å². The molecule has 4 aromatic rings. The summed E-state index contributed by atoms with van der Waals surface area (Å²) in [5.41, 5.74) is -12.2. The Bertz CT molecular complexity index is 1700. The molecule has 0 bridgehead atoms. The third-order valence-corrected chi connectivity index (χ3v) is 8.12. The summed E-state index contributed by atoms with van der Waals surface area (Å²) in [4.78, 5) is 0. The van der Waals surface area contributed by atoms with Crippen LogP contribution in [0.15, 0.2) is 118 Å². The van der Waals surface area contributed by atoms with Crippen molar-refractivity contribution in [2.24, 2.45) is 20.5 Å². The van der Waals surface area contributed by atoms with Crippen LogP contribution in [-0.4, -0.2) is 24.7 Å². The lowest BCUT2D eigenvalue weighted by atomic mass is 9.72. The number of hydrogen-bond acceptors (Lipinski definition) is 4. The number of rotatable bonds is 6. The van der Waals surface area contributed by atoms with Crippen molar-refractivity contribution in [2.45, 2.75) is 41.4 Å². The molecule has 0 N–H and O–H groups in total. The predicted octanol–water partition coefficient (Wildman–Crippen LogP) is 10.8. The zero-order valence-corrected chi connectivity index (χ0v) is 23.1. The summed E-state index contributed by atoms with van der Waals surface area (Å²) in [7, 11) is 0. The van der Waals surface area contributed by atoms with Crippen molar-refractivity contribution in [1.82, 2.24) is 0 Å². The Kier molecular flexibility index (Phi) is 6.93. The quantitative estimate of drug-likeness (QED) is 0.183. The fourth-order valence-corrected chi connectivity index (χ4v) is 5.48. The molecule has 2 aliphatic heterocycles. The van der Waals surface area contributed by atoms with E-state index in [9.17, 15) is 52.7 Å². The second-order valence-corrected chi connectivity index (χ2v) is 10.8. The van der Waals surface area contributed by atoms with Gasteiger partial charge in [-0.15, -0.1) is 20.5 Å². The Morgan fingerprint density at radius 3 is 0.766 bits per heavy atom. The van der Waals surface area contributed by atoms with E-state index in [0.29, 0.717) is 24.3 Å². The summed E-state index contributed by atoms with van der Waals surface area (Å²) >= 11 is 0. The van der Waals surface area contributed by atoms with Crippen LogP contribution in [0.5, 0.6) is 0 Å². The average Bonchev–Trinajstić information content (AvgIpc) is 3.90. The highest BCUT2D eigenvalue weighted by molar-refractivity contribution is 5.67. The summed E-state index contributed by atoms with van der Waals surface area (Å²) in [6.45, 7) is 0. The van der Waals surface area contributed by atoms with Crippen molar-refractivity contribution in [3.8, 4) is 22.3 Å². The molecule has 4 nitrogen and oxygen atoms in total. The van der Waals surface area contributed by atoms with Crippen LogP contribution in [-0.2, 0) is 16.7 Å². The van der Waals surface area contributed by atoms with E-state index in [1.807, 2.05) is 0 Å². The highest BCUT2D eigenvalue weighted by atomic mass is 19.4. The van der Waals surface area contributed by atoms with Gasteiger partial charge in [0.25, 0.3) is 0 Å². The number of halogens is 12. The van der Waals surface area contributed by atoms with Crippen LogP contribution in [0.25, 0.3) is 22.3 Å². The van der Waals surface area contributed by atoms with Crippen molar-refractivity contribution in [2.75, 3.05) is 0 Å². The first kappa shape index (κ1) is 32.2. The van der Waals surface area contributed by atoms with E-state index in [0.717, 1.165) is 48.5 Å². The van der Waals surface area contributed by atoms with E-state index in [1.165, 1.54) is 24.3 Å². The Labute approximate surface area is 256 Å². The van der Waals surface area contributed by atoms with Crippen LogP contribution in [0.4, 0.5) is 52.7 Å². The second-order valence-electron chi connectivity index (χ2n) is 10.8. The minimum Gasteiger partial charge on any atom is -0.169 e. The molecule has 0 amide bonds. The molecule has 0 unspecified atom stereocenters. The average molecular weight is 672 g/mol. The molecule has 0 radical (unpaired) electrons. The molecule has 2 heterocycles. The molecule has 6 rings (SSSR count). The molecule has 0 spiro atoms. The molecule has 4 aromatic carbocycles. The van der Waals surface area contributed by atoms with Crippen LogP contribution in [0.3, 0.4) is 0 Å². The van der Waals surface area contributed by atoms with Gasteiger partial charge in [0, 0.05) is 11.1 Å². The molecular weight excluding hydrogens is 656 g/mol. The molecular formula is C31H16F12N4. The van der Waals surface area contributed by atoms with E-state index in [4.69, 9.17) is 0 Å². The van der Waals surface area contributed by atoms with Gasteiger partial charge in [-0.2, -0.15) is 52.7 Å². The topological polar surface area (TPSA) is 49.4 Å². The maximum absolute atomic E-state index is 14.7. The van der Waals surface area contributed by atoms with Crippen molar-refractivity contribution in [1.29, 1.82) is 0 Å². The zero-order valence-electron chi connectivity index (χ0n) is 23.1. The van der Waals surface area contributed by atoms with Gasteiger partial charge in [0.15, 0.2) is 0 Å². The molecule has 0 saturated carbocycles. The van der Waals surface area contributed by atoms with Gasteiger partial charge in [0.1, 0.15) is 0 Å². The Balaban J connectivity index is 1.33. The summed E-state index contributed by atoms with van der Waals surface area (Å²) in [6.07, 6.45) is -21.4. The summed E-state index contributed by atoms with van der Waals surface area (Å²) in [5, 5.41) is 12.3. The molecule has 47 heavy (non-hydrogen) atoms. The summed E-state index contributed by atoms with van der Waals surface area (Å²) in [5.74, 6) is 0. The second kappa shape index (κ2) is 10.1. The van der Waals surface area contributed by atoms with Gasteiger partial charge in [0.05, 0.1) is 0 Å². The molecule has 0 aliphatic carbocycles. The molecule has 0 atom stereocenters. The minimum atomic E-state index is -5.90. The first-order valence-corrected chi connectivity index (χ1v) is 13.3. The number of alkyl halides is 12. The fraction of sp³-hybridized carbons (Fsp3) is 0.226. The Morgan fingerprint density at radius 2 is 0.574 bits per heavy atom. The summed E-state index contributed by atoms with van der Waals surface area (Å²) < 4.78 is 168. The maximum Gasteiger partial charge on any atom is 0.442 e. The SMILES string of the molecule is FC(F)(F)C1(c2ccc(-c3ccc(C(c4ccc(-c5ccc(C6(C(F)(F)F)N=N6)cc5)cc4)(C(F)(F)F)C(F)(F)F)cc3)cc2)N=N1. The van der Waals surface area contributed by atoms with Crippen molar-refractivity contribution in [3.05, 3.63) is 119 Å². The number of nitrogens with zero attached hydrogens (tertiary/aromatic N) is 4. The smallest absolute Gasteiger partial charge is 0.169 e. The monoisotopic (exact) mass is 672 g/mol. The van der Waals surface area contributed by atoms with Gasteiger partial charge in [-0.25, -0.2) is 0 Å². The lowest BCUT2D eigenvalue weighted by Crippen LogP contribution is -2.54. The third kappa shape index (κ3) is 4.95. The van der Waals surface area contributed by atoms with Crippen molar-refractivity contribution < 1.29 is 52.7 Å². The predicted molar refractivity (Wildman–Crippen MR) is 142 cm³/mol. The first-order chi connectivity index (χ1) is 21.8. The van der Waals surface area contributed by atoms with Crippen LogP contribution >= 0.6 is 0 Å².